The average molecular weight is 289 g/mol. The van der Waals surface area contributed by atoms with Crippen LogP contribution in [0.4, 0.5) is 0 Å². The second-order valence-corrected chi connectivity index (χ2v) is 5.19. The van der Waals surface area contributed by atoms with Crippen LogP contribution in [0.3, 0.4) is 0 Å². The van der Waals surface area contributed by atoms with E-state index in [-0.39, 0.29) is 12.2 Å². The average Bonchev–Trinajstić information content (AvgIpc) is 2.49. The molecule has 0 aliphatic carbocycles. The zero-order valence-electron chi connectivity index (χ0n) is 12.7. The molecule has 0 fully saturated rings. The van der Waals surface area contributed by atoms with Gasteiger partial charge in [-0.1, -0.05) is 26.0 Å². The van der Waals surface area contributed by atoms with E-state index in [2.05, 4.69) is 28.7 Å². The summed E-state index contributed by atoms with van der Waals surface area (Å²) < 4.78 is 0. The Labute approximate surface area is 124 Å². The molecule has 0 saturated heterocycles. The normalized spacial score (nSPS) is 11.7. The van der Waals surface area contributed by atoms with Crippen molar-refractivity contribution in [3.05, 3.63) is 40.3 Å². The highest BCUT2D eigenvalue weighted by Gasteiger charge is 2.17. The fourth-order valence-corrected chi connectivity index (χ4v) is 2.69. The number of aliphatic hydroxyl groups is 1. The topological polar surface area (TPSA) is 69.2 Å². The van der Waals surface area contributed by atoms with Crippen molar-refractivity contribution < 1.29 is 5.11 Å². The molecule has 0 radical (unpaired) electrons. The van der Waals surface area contributed by atoms with Crippen LogP contribution in [0.15, 0.2) is 29.1 Å². The number of hydrogen-bond acceptors (Lipinski definition) is 4. The Kier molecular flexibility index (Phi) is 5.47. The van der Waals surface area contributed by atoms with Crippen molar-refractivity contribution >= 4 is 11.0 Å². The van der Waals surface area contributed by atoms with Gasteiger partial charge >= 0.3 is 0 Å². The summed E-state index contributed by atoms with van der Waals surface area (Å²) in [6.45, 7) is 5.35. The van der Waals surface area contributed by atoms with E-state index in [0.717, 1.165) is 23.9 Å². The summed E-state index contributed by atoms with van der Waals surface area (Å²) in [5.41, 5.74) is 1.90. The first-order valence-corrected chi connectivity index (χ1v) is 7.52. The third-order valence-electron chi connectivity index (χ3n) is 3.87. The Balaban J connectivity index is 2.31. The van der Waals surface area contributed by atoms with Gasteiger partial charge in [-0.3, -0.25) is 9.69 Å². The number of rotatable bonds is 7. The molecule has 5 nitrogen and oxygen atoms in total. The third kappa shape index (κ3) is 3.68. The van der Waals surface area contributed by atoms with Crippen LogP contribution in [-0.4, -0.2) is 39.2 Å². The van der Waals surface area contributed by atoms with Crippen LogP contribution in [0.25, 0.3) is 11.0 Å². The van der Waals surface area contributed by atoms with Crippen molar-refractivity contribution in [3.8, 4) is 0 Å². The molecule has 1 heterocycles. The molecule has 2 rings (SSSR count). The molecule has 0 aliphatic heterocycles. The van der Waals surface area contributed by atoms with Crippen LogP contribution >= 0.6 is 0 Å². The van der Waals surface area contributed by atoms with Gasteiger partial charge in [0.05, 0.1) is 17.6 Å². The number of nitrogens with zero attached hydrogens (tertiary/aromatic N) is 2. The largest absolute Gasteiger partial charge is 0.395 e. The van der Waals surface area contributed by atoms with Crippen molar-refractivity contribution in [2.45, 2.75) is 39.3 Å². The molecule has 2 N–H and O–H groups in total. The lowest BCUT2D eigenvalue weighted by atomic mass is 10.1. The smallest absolute Gasteiger partial charge is 0.271 e. The number of para-hydroxylation sites is 2. The summed E-state index contributed by atoms with van der Waals surface area (Å²) >= 11 is 0. The molecule has 2 aromatic rings. The predicted octanol–water partition coefficient (Wildman–Crippen LogP) is 1.91. The fourth-order valence-electron chi connectivity index (χ4n) is 2.69. The minimum Gasteiger partial charge on any atom is -0.395 e. The zero-order chi connectivity index (χ0) is 15.2. The van der Waals surface area contributed by atoms with Gasteiger partial charge in [0.15, 0.2) is 0 Å². The molecule has 5 heteroatoms. The van der Waals surface area contributed by atoms with Crippen molar-refractivity contribution in [2.24, 2.45) is 0 Å². The second kappa shape index (κ2) is 7.33. The Morgan fingerprint density at radius 3 is 2.67 bits per heavy atom. The maximum Gasteiger partial charge on any atom is 0.271 e. The van der Waals surface area contributed by atoms with Gasteiger partial charge in [-0.15, -0.1) is 0 Å². The summed E-state index contributed by atoms with van der Waals surface area (Å²) in [6, 6.07) is 7.87. The number of H-pyrrole nitrogens is 1. The quantitative estimate of drug-likeness (QED) is 0.817. The molecule has 21 heavy (non-hydrogen) atoms. The number of benzene rings is 1. The second-order valence-electron chi connectivity index (χ2n) is 5.19. The number of aromatic amines is 1. The molecule has 1 aromatic heterocycles. The fraction of sp³-hybridized carbons (Fsp3) is 0.500. The van der Waals surface area contributed by atoms with E-state index >= 15 is 0 Å². The van der Waals surface area contributed by atoms with Gasteiger partial charge in [-0.25, -0.2) is 4.98 Å². The summed E-state index contributed by atoms with van der Waals surface area (Å²) in [6.07, 6.45) is 1.98. The van der Waals surface area contributed by atoms with Crippen molar-refractivity contribution in [3.63, 3.8) is 0 Å². The zero-order valence-corrected chi connectivity index (χ0v) is 12.7. The van der Waals surface area contributed by atoms with Crippen molar-refractivity contribution in [1.82, 2.24) is 14.9 Å². The maximum atomic E-state index is 12.2. The first-order chi connectivity index (χ1) is 10.2. The highest BCUT2D eigenvalue weighted by Crippen LogP contribution is 2.12. The Morgan fingerprint density at radius 2 is 2.00 bits per heavy atom. The molecular weight excluding hydrogens is 266 g/mol. The van der Waals surface area contributed by atoms with E-state index in [1.807, 2.05) is 24.3 Å². The number of nitrogens with one attached hydrogen (secondary N) is 1. The highest BCUT2D eigenvalue weighted by molar-refractivity contribution is 5.73. The molecule has 0 unspecified atom stereocenters. The van der Waals surface area contributed by atoms with E-state index < -0.39 is 0 Å². The van der Waals surface area contributed by atoms with Gasteiger partial charge in [0.1, 0.15) is 5.69 Å². The lowest BCUT2D eigenvalue weighted by molar-refractivity contribution is 0.135. The summed E-state index contributed by atoms with van der Waals surface area (Å²) in [5.74, 6) is 0. The minimum atomic E-state index is -0.150. The molecule has 0 bridgehead atoms. The number of hydrogen-bond donors (Lipinski definition) is 2. The Hall–Kier alpha value is -1.72. The van der Waals surface area contributed by atoms with Crippen LogP contribution in [0.2, 0.25) is 0 Å². The van der Waals surface area contributed by atoms with Gasteiger partial charge in [0.2, 0.25) is 0 Å². The minimum absolute atomic E-state index is 0.0853. The van der Waals surface area contributed by atoms with Crippen molar-refractivity contribution in [1.29, 1.82) is 0 Å². The standard InChI is InChI=1S/C16H23N3O2/c1-3-12(4-2)19(9-10-20)11-15-16(21)18-14-8-6-5-7-13(14)17-15/h5-8,12,20H,3-4,9-11H2,1-2H3,(H,18,21). The predicted molar refractivity (Wildman–Crippen MR) is 84.2 cm³/mol. The van der Waals surface area contributed by atoms with Crippen LogP contribution in [0, 0.1) is 0 Å². The lowest BCUT2D eigenvalue weighted by Crippen LogP contribution is -2.38. The van der Waals surface area contributed by atoms with Crippen molar-refractivity contribution in [2.75, 3.05) is 13.2 Å². The molecule has 0 saturated carbocycles. The summed E-state index contributed by atoms with van der Waals surface area (Å²) in [5, 5.41) is 9.25. The number of aromatic nitrogens is 2. The van der Waals surface area contributed by atoms with E-state index in [0.29, 0.717) is 24.8 Å². The van der Waals surface area contributed by atoms with Gasteiger partial charge in [0.25, 0.3) is 5.56 Å². The van der Waals surface area contributed by atoms with Gasteiger partial charge in [-0.05, 0) is 25.0 Å². The summed E-state index contributed by atoms with van der Waals surface area (Å²) in [4.78, 5) is 21.7. The Morgan fingerprint density at radius 1 is 1.29 bits per heavy atom. The molecule has 0 amide bonds. The molecule has 114 valence electrons. The molecule has 0 atom stereocenters. The number of fused-ring (bicyclic) bond motifs is 1. The maximum absolute atomic E-state index is 12.2. The first kappa shape index (κ1) is 15.7. The summed E-state index contributed by atoms with van der Waals surface area (Å²) in [7, 11) is 0. The number of aliphatic hydroxyl groups excluding tert-OH is 1. The van der Waals surface area contributed by atoms with Crippen LogP contribution < -0.4 is 5.56 Å². The van der Waals surface area contributed by atoms with Gasteiger partial charge in [0, 0.05) is 19.1 Å². The molecule has 1 aromatic carbocycles. The van der Waals surface area contributed by atoms with Gasteiger partial charge in [-0.2, -0.15) is 0 Å². The monoisotopic (exact) mass is 289 g/mol. The SMILES string of the molecule is CCC(CC)N(CCO)Cc1nc2ccccc2[nH]c1=O. The first-order valence-electron chi connectivity index (χ1n) is 7.52. The van der Waals surface area contributed by atoms with E-state index in [9.17, 15) is 9.90 Å². The molecule has 0 aliphatic rings. The molecule has 0 spiro atoms. The van der Waals surface area contributed by atoms with Crippen LogP contribution in [-0.2, 0) is 6.54 Å². The van der Waals surface area contributed by atoms with Crippen LogP contribution in [0.5, 0.6) is 0 Å². The Bertz CT molecular complexity index is 635. The lowest BCUT2D eigenvalue weighted by Gasteiger charge is -2.29. The van der Waals surface area contributed by atoms with E-state index in [1.165, 1.54) is 0 Å². The third-order valence-corrected chi connectivity index (χ3v) is 3.87. The highest BCUT2D eigenvalue weighted by atomic mass is 16.3. The van der Waals surface area contributed by atoms with E-state index in [4.69, 9.17) is 0 Å². The van der Waals surface area contributed by atoms with Gasteiger partial charge < -0.3 is 10.1 Å². The van der Waals surface area contributed by atoms with Crippen LogP contribution in [0.1, 0.15) is 32.4 Å². The molecular formula is C16H23N3O2. The van der Waals surface area contributed by atoms with E-state index in [1.54, 1.807) is 0 Å².